The number of hydrogen-bond donors (Lipinski definition) is 1. The van der Waals surface area contributed by atoms with Crippen molar-refractivity contribution < 1.29 is 4.39 Å². The maximum Gasteiger partial charge on any atom is 0.129 e. The van der Waals surface area contributed by atoms with Gasteiger partial charge in [0.05, 0.1) is 0 Å². The van der Waals surface area contributed by atoms with Gasteiger partial charge < -0.3 is 5.32 Å². The number of hydrogen-bond acceptors (Lipinski definition) is 1. The zero-order valence-corrected chi connectivity index (χ0v) is 11.0. The number of aryl methyl sites for hydroxylation is 2. The fourth-order valence-corrected chi connectivity index (χ4v) is 2.71. The molecule has 0 saturated heterocycles. The third kappa shape index (κ3) is 2.52. The molecule has 1 atom stereocenters. The lowest BCUT2D eigenvalue weighted by Crippen LogP contribution is -2.32. The van der Waals surface area contributed by atoms with Crippen molar-refractivity contribution in [3.05, 3.63) is 34.6 Å². The second kappa shape index (κ2) is 5.18. The summed E-state index contributed by atoms with van der Waals surface area (Å²) < 4.78 is 13.6. The van der Waals surface area contributed by atoms with E-state index in [0.29, 0.717) is 6.04 Å². The number of benzene rings is 1. The molecule has 1 unspecified atom stereocenters. The minimum Gasteiger partial charge on any atom is -0.310 e. The highest BCUT2D eigenvalue weighted by atomic mass is 19.1. The van der Waals surface area contributed by atoms with Gasteiger partial charge in [-0.05, 0) is 55.8 Å². The van der Waals surface area contributed by atoms with Crippen molar-refractivity contribution in [2.24, 2.45) is 5.92 Å². The molecule has 2 heteroatoms. The monoisotopic (exact) mass is 235 g/mol. The van der Waals surface area contributed by atoms with Gasteiger partial charge in [0, 0.05) is 6.04 Å². The van der Waals surface area contributed by atoms with Crippen LogP contribution < -0.4 is 5.32 Å². The van der Waals surface area contributed by atoms with Crippen molar-refractivity contribution >= 4 is 0 Å². The van der Waals surface area contributed by atoms with Crippen LogP contribution in [0.15, 0.2) is 12.1 Å². The molecular weight excluding hydrogens is 213 g/mol. The van der Waals surface area contributed by atoms with Crippen LogP contribution >= 0.6 is 0 Å². The molecule has 1 nitrogen and oxygen atoms in total. The Morgan fingerprint density at radius 3 is 2.29 bits per heavy atom. The van der Waals surface area contributed by atoms with Gasteiger partial charge in [0.1, 0.15) is 5.82 Å². The minimum atomic E-state index is -0.0578. The molecule has 1 aliphatic carbocycles. The summed E-state index contributed by atoms with van der Waals surface area (Å²) in [4.78, 5) is 0. The summed E-state index contributed by atoms with van der Waals surface area (Å²) in [5.74, 6) is 0.678. The van der Waals surface area contributed by atoms with E-state index in [9.17, 15) is 4.39 Å². The fourth-order valence-electron chi connectivity index (χ4n) is 2.71. The van der Waals surface area contributed by atoms with Crippen LogP contribution in [0.1, 0.15) is 48.9 Å². The number of nitrogens with one attached hydrogen (secondary N) is 1. The maximum absolute atomic E-state index is 13.6. The fraction of sp³-hybridized carbons (Fsp3) is 0.600. The molecule has 1 fully saturated rings. The lowest BCUT2D eigenvalue weighted by atomic mass is 9.76. The van der Waals surface area contributed by atoms with Gasteiger partial charge in [-0.3, -0.25) is 0 Å². The first-order chi connectivity index (χ1) is 8.13. The predicted molar refractivity (Wildman–Crippen MR) is 69.6 cm³/mol. The summed E-state index contributed by atoms with van der Waals surface area (Å²) in [5.41, 5.74) is 2.79. The van der Waals surface area contributed by atoms with Crippen LogP contribution in [0, 0.1) is 25.6 Å². The minimum absolute atomic E-state index is 0.0578. The molecule has 0 aliphatic heterocycles. The van der Waals surface area contributed by atoms with Crippen molar-refractivity contribution in [3.8, 4) is 0 Å². The van der Waals surface area contributed by atoms with Crippen molar-refractivity contribution in [1.82, 2.24) is 5.32 Å². The average Bonchev–Trinajstić information content (AvgIpc) is 2.22. The molecule has 1 N–H and O–H groups in total. The van der Waals surface area contributed by atoms with Gasteiger partial charge in [0.2, 0.25) is 0 Å². The van der Waals surface area contributed by atoms with E-state index in [-0.39, 0.29) is 5.82 Å². The van der Waals surface area contributed by atoms with Gasteiger partial charge in [-0.15, -0.1) is 0 Å². The summed E-state index contributed by atoms with van der Waals surface area (Å²) in [7, 11) is 0. The summed E-state index contributed by atoms with van der Waals surface area (Å²) in [6.07, 6.45) is 3.94. The summed E-state index contributed by atoms with van der Waals surface area (Å²) in [6.45, 7) is 6.82. The Kier molecular flexibility index (Phi) is 3.82. The van der Waals surface area contributed by atoms with Gasteiger partial charge in [-0.25, -0.2) is 4.39 Å². The summed E-state index contributed by atoms with van der Waals surface area (Å²) >= 11 is 0. The largest absolute Gasteiger partial charge is 0.310 e. The van der Waals surface area contributed by atoms with Crippen molar-refractivity contribution in [1.29, 1.82) is 0 Å². The van der Waals surface area contributed by atoms with E-state index in [1.165, 1.54) is 24.8 Å². The first-order valence-corrected chi connectivity index (χ1v) is 6.63. The van der Waals surface area contributed by atoms with Crippen LogP contribution in [-0.4, -0.2) is 6.54 Å². The molecule has 1 aliphatic rings. The molecule has 0 radical (unpaired) electrons. The van der Waals surface area contributed by atoms with Gasteiger partial charge in [0.15, 0.2) is 0 Å². The Morgan fingerprint density at radius 1 is 1.29 bits per heavy atom. The molecule has 17 heavy (non-hydrogen) atoms. The van der Waals surface area contributed by atoms with Crippen LogP contribution in [0.2, 0.25) is 0 Å². The molecule has 94 valence electrons. The van der Waals surface area contributed by atoms with E-state index < -0.39 is 0 Å². The van der Waals surface area contributed by atoms with Crippen LogP contribution in [0.3, 0.4) is 0 Å². The predicted octanol–water partition coefficient (Wildman–Crippen LogP) is 3.89. The summed E-state index contributed by atoms with van der Waals surface area (Å²) in [5, 5.41) is 3.55. The zero-order valence-electron chi connectivity index (χ0n) is 11.0. The molecule has 1 aromatic rings. The van der Waals surface area contributed by atoms with E-state index in [0.717, 1.165) is 23.6 Å². The lowest BCUT2D eigenvalue weighted by molar-refractivity contribution is 0.233. The van der Waals surface area contributed by atoms with Crippen LogP contribution in [0.25, 0.3) is 0 Å². The quantitative estimate of drug-likeness (QED) is 0.834. The highest BCUT2D eigenvalue weighted by Gasteiger charge is 2.28. The molecule has 0 spiro atoms. The van der Waals surface area contributed by atoms with Gasteiger partial charge in [-0.1, -0.05) is 25.5 Å². The van der Waals surface area contributed by atoms with E-state index in [1.54, 1.807) is 0 Å². The van der Waals surface area contributed by atoms with Crippen LogP contribution in [-0.2, 0) is 0 Å². The van der Waals surface area contributed by atoms with Crippen molar-refractivity contribution in [2.45, 2.75) is 46.1 Å². The topological polar surface area (TPSA) is 12.0 Å². The highest BCUT2D eigenvalue weighted by Crippen LogP contribution is 2.38. The smallest absolute Gasteiger partial charge is 0.129 e. The Balaban J connectivity index is 2.28. The molecule has 1 saturated carbocycles. The molecule has 0 aromatic heterocycles. The van der Waals surface area contributed by atoms with Crippen LogP contribution in [0.5, 0.6) is 0 Å². The van der Waals surface area contributed by atoms with E-state index >= 15 is 0 Å². The first-order valence-electron chi connectivity index (χ1n) is 6.63. The van der Waals surface area contributed by atoms with Crippen molar-refractivity contribution in [3.63, 3.8) is 0 Å². The molecule has 0 amide bonds. The maximum atomic E-state index is 13.6. The standard InChI is InChI=1S/C15H22FN/c1-4-17-15(12-6-5-7-12)13-8-10(2)14(16)11(3)9-13/h8-9,12,15,17H,4-7H2,1-3H3. The molecule has 1 aromatic carbocycles. The average molecular weight is 235 g/mol. The lowest BCUT2D eigenvalue weighted by Gasteiger charge is -2.35. The first kappa shape index (κ1) is 12.6. The Hall–Kier alpha value is -0.890. The zero-order chi connectivity index (χ0) is 12.4. The number of halogens is 1. The van der Waals surface area contributed by atoms with Gasteiger partial charge in [0.25, 0.3) is 0 Å². The summed E-state index contributed by atoms with van der Waals surface area (Å²) in [6, 6.07) is 4.42. The SMILES string of the molecule is CCNC(c1cc(C)c(F)c(C)c1)C1CCC1. The Labute approximate surface area is 103 Å². The third-order valence-corrected chi connectivity index (χ3v) is 3.86. The van der Waals surface area contributed by atoms with Crippen molar-refractivity contribution in [2.75, 3.05) is 6.54 Å². The Morgan fingerprint density at radius 2 is 1.88 bits per heavy atom. The van der Waals surface area contributed by atoms with Crippen LogP contribution in [0.4, 0.5) is 4.39 Å². The number of rotatable bonds is 4. The van der Waals surface area contributed by atoms with Gasteiger partial charge in [-0.2, -0.15) is 0 Å². The third-order valence-electron chi connectivity index (χ3n) is 3.86. The van der Waals surface area contributed by atoms with E-state index in [2.05, 4.69) is 12.2 Å². The molecule has 2 rings (SSSR count). The highest BCUT2D eigenvalue weighted by molar-refractivity contribution is 5.33. The molecule has 0 heterocycles. The normalized spacial score (nSPS) is 17.9. The molecular formula is C15H22FN. The molecule has 0 bridgehead atoms. The van der Waals surface area contributed by atoms with Gasteiger partial charge >= 0.3 is 0 Å². The second-order valence-corrected chi connectivity index (χ2v) is 5.20. The second-order valence-electron chi connectivity index (χ2n) is 5.20. The van der Waals surface area contributed by atoms with E-state index in [4.69, 9.17) is 0 Å². The van der Waals surface area contributed by atoms with E-state index in [1.807, 2.05) is 26.0 Å². The Bertz CT molecular complexity index is 373.